The number of piperidine rings is 1. The van der Waals surface area contributed by atoms with Crippen LogP contribution in [0.5, 0.6) is 0 Å². The molecule has 2 aromatic rings. The van der Waals surface area contributed by atoms with Crippen molar-refractivity contribution in [3.05, 3.63) is 53.3 Å². The number of hydrogen-bond donors (Lipinski definition) is 3. The van der Waals surface area contributed by atoms with E-state index < -0.39 is 34.4 Å². The first-order valence-electron chi connectivity index (χ1n) is 9.01. The number of nitrogens with one attached hydrogen (secondary N) is 3. The summed E-state index contributed by atoms with van der Waals surface area (Å²) < 4.78 is 62.8. The molecule has 2 aromatic carbocycles. The van der Waals surface area contributed by atoms with Crippen molar-refractivity contribution >= 4 is 28.4 Å². The molecule has 1 amide bonds. The number of carbonyl (C=O) groups excluding carboxylic acids is 1. The average molecular weight is 426 g/mol. The Morgan fingerprint density at radius 2 is 1.90 bits per heavy atom. The standard InChI is InChI=1S/C19H20F3N3O3S/c20-14-8-13(9-15(21)18(14)22)25-19(26)11-4-5-16(17(7-11)29(27)28)24-10-12-3-1-2-6-23-12/h4-5,7-9,12,23-24H,1-3,6,10H2,(H,25,26)(H,27,28)/p-1. The highest BCUT2D eigenvalue weighted by Gasteiger charge is 2.16. The van der Waals surface area contributed by atoms with Crippen LogP contribution in [0.3, 0.4) is 0 Å². The third-order valence-electron chi connectivity index (χ3n) is 4.62. The van der Waals surface area contributed by atoms with Crippen molar-refractivity contribution < 1.29 is 26.7 Å². The normalized spacial score (nSPS) is 17.6. The summed E-state index contributed by atoms with van der Waals surface area (Å²) in [7, 11) is 0. The van der Waals surface area contributed by atoms with Gasteiger partial charge in [-0.15, -0.1) is 0 Å². The molecule has 2 unspecified atom stereocenters. The van der Waals surface area contributed by atoms with Crippen LogP contribution in [0.15, 0.2) is 35.2 Å². The molecular weight excluding hydrogens is 407 g/mol. The van der Waals surface area contributed by atoms with Gasteiger partial charge in [0, 0.05) is 46.6 Å². The van der Waals surface area contributed by atoms with E-state index in [4.69, 9.17) is 0 Å². The molecule has 2 atom stereocenters. The van der Waals surface area contributed by atoms with E-state index in [1.807, 2.05) is 0 Å². The van der Waals surface area contributed by atoms with Crippen molar-refractivity contribution in [3.63, 3.8) is 0 Å². The number of amides is 1. The molecule has 1 aliphatic rings. The smallest absolute Gasteiger partial charge is 0.255 e. The number of anilines is 2. The molecule has 0 spiro atoms. The van der Waals surface area contributed by atoms with E-state index in [0.717, 1.165) is 31.9 Å². The fourth-order valence-electron chi connectivity index (χ4n) is 3.11. The van der Waals surface area contributed by atoms with Crippen LogP contribution in [-0.2, 0) is 11.1 Å². The second kappa shape index (κ2) is 9.38. The zero-order valence-electron chi connectivity index (χ0n) is 15.3. The van der Waals surface area contributed by atoms with Crippen LogP contribution >= 0.6 is 0 Å². The van der Waals surface area contributed by atoms with E-state index in [9.17, 15) is 26.7 Å². The molecule has 3 rings (SSSR count). The third kappa shape index (κ3) is 5.34. The molecule has 0 saturated carbocycles. The SMILES string of the molecule is O=C(Nc1cc(F)c(F)c(F)c1)c1ccc(NCC2CCCCN2)c(S(=O)[O-])c1. The maximum atomic E-state index is 13.3. The highest BCUT2D eigenvalue weighted by molar-refractivity contribution is 7.79. The predicted molar refractivity (Wildman–Crippen MR) is 102 cm³/mol. The third-order valence-corrected chi connectivity index (χ3v) is 5.31. The molecular formula is C19H19F3N3O3S-. The number of benzene rings is 2. The molecule has 6 nitrogen and oxygen atoms in total. The van der Waals surface area contributed by atoms with Crippen molar-refractivity contribution in [2.75, 3.05) is 23.7 Å². The minimum absolute atomic E-state index is 0.0318. The Kier molecular flexibility index (Phi) is 6.88. The molecule has 0 aliphatic carbocycles. The monoisotopic (exact) mass is 426 g/mol. The van der Waals surface area contributed by atoms with Crippen molar-refractivity contribution in [3.8, 4) is 0 Å². The summed E-state index contributed by atoms with van der Waals surface area (Å²) in [6.07, 6.45) is 3.19. The number of carbonyl (C=O) groups is 1. The highest BCUT2D eigenvalue weighted by Crippen LogP contribution is 2.23. The van der Waals surface area contributed by atoms with Crippen LogP contribution in [0.1, 0.15) is 29.6 Å². The molecule has 3 N–H and O–H groups in total. The first-order valence-corrected chi connectivity index (χ1v) is 10.1. The maximum Gasteiger partial charge on any atom is 0.255 e. The lowest BCUT2D eigenvalue weighted by molar-refractivity contribution is 0.102. The lowest BCUT2D eigenvalue weighted by Crippen LogP contribution is -2.39. The highest BCUT2D eigenvalue weighted by atomic mass is 32.2. The molecule has 10 heteroatoms. The lowest BCUT2D eigenvalue weighted by atomic mass is 10.1. The van der Waals surface area contributed by atoms with Crippen LogP contribution in [0, 0.1) is 17.5 Å². The molecule has 1 aliphatic heterocycles. The molecule has 0 bridgehead atoms. The van der Waals surface area contributed by atoms with Gasteiger partial charge in [0.1, 0.15) is 0 Å². The molecule has 29 heavy (non-hydrogen) atoms. The zero-order chi connectivity index (χ0) is 21.0. The quantitative estimate of drug-likeness (QED) is 0.488. The molecule has 1 saturated heterocycles. The Balaban J connectivity index is 1.74. The Labute approximate surface area is 168 Å². The Morgan fingerprint density at radius 1 is 1.17 bits per heavy atom. The summed E-state index contributed by atoms with van der Waals surface area (Å²) in [5.74, 6) is -5.33. The van der Waals surface area contributed by atoms with Gasteiger partial charge in [-0.2, -0.15) is 0 Å². The van der Waals surface area contributed by atoms with E-state index >= 15 is 0 Å². The van der Waals surface area contributed by atoms with Crippen LogP contribution < -0.4 is 16.0 Å². The summed E-state index contributed by atoms with van der Waals surface area (Å²) in [6.45, 7) is 1.44. The fraction of sp³-hybridized carbons (Fsp3) is 0.316. The lowest BCUT2D eigenvalue weighted by Gasteiger charge is -2.25. The Hall–Kier alpha value is -2.43. The van der Waals surface area contributed by atoms with Gasteiger partial charge in [0.25, 0.3) is 5.91 Å². The van der Waals surface area contributed by atoms with E-state index in [1.54, 1.807) is 0 Å². The first-order chi connectivity index (χ1) is 13.8. The van der Waals surface area contributed by atoms with Gasteiger partial charge in [0.05, 0.1) is 0 Å². The van der Waals surface area contributed by atoms with Crippen LogP contribution in [0.4, 0.5) is 24.5 Å². The molecule has 1 heterocycles. The summed E-state index contributed by atoms with van der Waals surface area (Å²) >= 11 is -2.61. The van der Waals surface area contributed by atoms with E-state index in [0.29, 0.717) is 24.4 Å². The summed E-state index contributed by atoms with van der Waals surface area (Å²) in [5.41, 5.74) is 0.0265. The second-order valence-electron chi connectivity index (χ2n) is 6.68. The number of rotatable bonds is 6. The molecule has 0 radical (unpaired) electrons. The Bertz CT molecular complexity index is 913. The van der Waals surface area contributed by atoms with Crippen LogP contribution in [0.2, 0.25) is 0 Å². The molecule has 1 fully saturated rings. The van der Waals surface area contributed by atoms with Gasteiger partial charge in [0.2, 0.25) is 0 Å². The van der Waals surface area contributed by atoms with E-state index in [-0.39, 0.29) is 22.2 Å². The van der Waals surface area contributed by atoms with Crippen molar-refractivity contribution in [2.45, 2.75) is 30.2 Å². The minimum atomic E-state index is -2.61. The van der Waals surface area contributed by atoms with Gasteiger partial charge in [-0.3, -0.25) is 9.00 Å². The fourth-order valence-corrected chi connectivity index (χ4v) is 3.65. The van der Waals surface area contributed by atoms with Gasteiger partial charge in [-0.1, -0.05) is 6.42 Å². The first kappa shape index (κ1) is 21.3. The summed E-state index contributed by atoms with van der Waals surface area (Å²) in [5, 5.41) is 8.63. The number of hydrogen-bond acceptors (Lipinski definition) is 5. The Morgan fingerprint density at radius 3 is 2.52 bits per heavy atom. The molecule has 156 valence electrons. The zero-order valence-corrected chi connectivity index (χ0v) is 16.1. The summed E-state index contributed by atoms with van der Waals surface area (Å²) in [6, 6.07) is 5.49. The number of halogens is 3. The maximum absolute atomic E-state index is 13.3. The van der Waals surface area contributed by atoms with Gasteiger partial charge in [-0.25, -0.2) is 13.2 Å². The van der Waals surface area contributed by atoms with Crippen molar-refractivity contribution in [2.24, 2.45) is 0 Å². The van der Waals surface area contributed by atoms with Gasteiger partial charge >= 0.3 is 0 Å². The minimum Gasteiger partial charge on any atom is -0.768 e. The summed E-state index contributed by atoms with van der Waals surface area (Å²) in [4.78, 5) is 12.2. The average Bonchev–Trinajstić information content (AvgIpc) is 2.71. The topological polar surface area (TPSA) is 93.3 Å². The predicted octanol–water partition coefficient (Wildman–Crippen LogP) is 3.15. The van der Waals surface area contributed by atoms with Gasteiger partial charge in [0.15, 0.2) is 17.5 Å². The van der Waals surface area contributed by atoms with Crippen LogP contribution in [-0.4, -0.2) is 33.8 Å². The van der Waals surface area contributed by atoms with Crippen molar-refractivity contribution in [1.82, 2.24) is 5.32 Å². The van der Waals surface area contributed by atoms with Crippen LogP contribution in [0.25, 0.3) is 0 Å². The molecule has 0 aromatic heterocycles. The van der Waals surface area contributed by atoms with Gasteiger partial charge in [-0.05, 0) is 48.7 Å². The largest absolute Gasteiger partial charge is 0.768 e. The van der Waals surface area contributed by atoms with E-state index in [2.05, 4.69) is 16.0 Å². The van der Waals surface area contributed by atoms with Crippen molar-refractivity contribution in [1.29, 1.82) is 0 Å². The van der Waals surface area contributed by atoms with Gasteiger partial charge < -0.3 is 20.5 Å². The second-order valence-corrected chi connectivity index (χ2v) is 7.59. The van der Waals surface area contributed by atoms with E-state index in [1.165, 1.54) is 12.1 Å².